The maximum Gasteiger partial charge on any atom is 0.241 e. The molecule has 4 rings (SSSR count). The number of fused-ring (bicyclic) bond motifs is 1. The van der Waals surface area contributed by atoms with Gasteiger partial charge in [-0.1, -0.05) is 23.2 Å². The summed E-state index contributed by atoms with van der Waals surface area (Å²) < 4.78 is 14.0. The van der Waals surface area contributed by atoms with Crippen molar-refractivity contribution in [1.29, 1.82) is 0 Å². The summed E-state index contributed by atoms with van der Waals surface area (Å²) in [6.45, 7) is 1.31. The lowest BCUT2D eigenvalue weighted by Crippen LogP contribution is -2.47. The van der Waals surface area contributed by atoms with Crippen molar-refractivity contribution in [3.8, 4) is 0 Å². The zero-order valence-electron chi connectivity index (χ0n) is 15.4. The van der Waals surface area contributed by atoms with E-state index < -0.39 is 5.82 Å². The predicted octanol–water partition coefficient (Wildman–Crippen LogP) is 3.92. The first-order valence-electron chi connectivity index (χ1n) is 9.21. The number of nitrogens with zero attached hydrogens (tertiary/aromatic N) is 3. The molecule has 0 saturated carbocycles. The van der Waals surface area contributed by atoms with Crippen molar-refractivity contribution >= 4 is 51.6 Å². The second-order valence-electron chi connectivity index (χ2n) is 6.92. The monoisotopic (exact) mass is 436 g/mol. The quantitative estimate of drug-likeness (QED) is 0.564. The van der Waals surface area contributed by atoms with Crippen LogP contribution in [-0.4, -0.2) is 51.4 Å². The Morgan fingerprint density at radius 1 is 1.28 bits per heavy atom. The van der Waals surface area contributed by atoms with Gasteiger partial charge in [-0.3, -0.25) is 4.79 Å². The number of H-pyrrole nitrogens is 1. The molecule has 0 radical (unpaired) electrons. The highest BCUT2D eigenvalue weighted by Crippen LogP contribution is 2.25. The molecule has 1 aliphatic heterocycles. The summed E-state index contributed by atoms with van der Waals surface area (Å²) in [5.41, 5.74) is 1.13. The number of aromatic amines is 1. The molecule has 2 aromatic heterocycles. The van der Waals surface area contributed by atoms with Gasteiger partial charge in [0.2, 0.25) is 5.91 Å². The standard InChI is InChI=1S/C19H19Cl2FN6O/c20-11-4-12(21)6-14(5-11)23-8-16(29)28-3-1-2-13(9-28)27-19-17-15(22)7-24-18(17)25-10-26-19/h4-7,10,13,23H,1-3,8-9H2,(H2,24,25,26,27)/t13-/m1/s1. The number of benzene rings is 1. The van der Waals surface area contributed by atoms with Crippen LogP contribution in [0.15, 0.2) is 30.7 Å². The van der Waals surface area contributed by atoms with Crippen LogP contribution in [0, 0.1) is 5.82 Å². The van der Waals surface area contributed by atoms with E-state index in [1.54, 1.807) is 23.1 Å². The minimum atomic E-state index is -0.406. The first-order chi connectivity index (χ1) is 14.0. The van der Waals surface area contributed by atoms with Gasteiger partial charge in [-0.15, -0.1) is 0 Å². The van der Waals surface area contributed by atoms with Gasteiger partial charge in [0, 0.05) is 41.1 Å². The summed E-state index contributed by atoms with van der Waals surface area (Å²) in [5, 5.41) is 7.66. The Morgan fingerprint density at radius 3 is 2.86 bits per heavy atom. The zero-order chi connectivity index (χ0) is 20.4. The molecule has 3 N–H and O–H groups in total. The number of hydrogen-bond donors (Lipinski definition) is 3. The van der Waals surface area contributed by atoms with Crippen molar-refractivity contribution in [2.75, 3.05) is 30.3 Å². The van der Waals surface area contributed by atoms with Crippen molar-refractivity contribution in [1.82, 2.24) is 19.9 Å². The molecule has 7 nitrogen and oxygen atoms in total. The van der Waals surface area contributed by atoms with E-state index in [-0.39, 0.29) is 18.5 Å². The van der Waals surface area contributed by atoms with E-state index in [0.29, 0.717) is 45.7 Å². The third-order valence-corrected chi connectivity index (χ3v) is 5.28. The predicted molar refractivity (Wildman–Crippen MR) is 112 cm³/mol. The molecule has 3 aromatic rings. The van der Waals surface area contributed by atoms with Crippen LogP contribution in [0.25, 0.3) is 11.0 Å². The normalized spacial score (nSPS) is 16.8. The van der Waals surface area contributed by atoms with E-state index in [2.05, 4.69) is 25.6 Å². The Morgan fingerprint density at radius 2 is 2.07 bits per heavy atom. The molecule has 0 aliphatic carbocycles. The van der Waals surface area contributed by atoms with E-state index in [0.717, 1.165) is 12.8 Å². The topological polar surface area (TPSA) is 85.9 Å². The molecular formula is C19H19Cl2FN6O. The fraction of sp³-hybridized carbons (Fsp3) is 0.316. The van der Waals surface area contributed by atoms with E-state index in [9.17, 15) is 9.18 Å². The Kier molecular flexibility index (Phi) is 5.73. The van der Waals surface area contributed by atoms with Gasteiger partial charge in [-0.05, 0) is 31.0 Å². The van der Waals surface area contributed by atoms with Crippen LogP contribution >= 0.6 is 23.2 Å². The Hall–Kier alpha value is -2.58. The molecule has 0 bridgehead atoms. The number of carbonyl (C=O) groups excluding carboxylic acids is 1. The van der Waals surface area contributed by atoms with Crippen LogP contribution in [0.2, 0.25) is 10.0 Å². The lowest BCUT2D eigenvalue weighted by atomic mass is 10.1. The average molecular weight is 437 g/mol. The van der Waals surface area contributed by atoms with Gasteiger partial charge in [0.25, 0.3) is 0 Å². The first kappa shape index (κ1) is 19.7. The molecule has 1 amide bonds. The molecule has 0 spiro atoms. The van der Waals surface area contributed by atoms with E-state index in [1.165, 1.54) is 12.5 Å². The van der Waals surface area contributed by atoms with Crippen LogP contribution in [0.4, 0.5) is 15.9 Å². The van der Waals surface area contributed by atoms with Gasteiger partial charge < -0.3 is 20.5 Å². The van der Waals surface area contributed by atoms with Gasteiger partial charge in [-0.2, -0.15) is 0 Å². The fourth-order valence-electron chi connectivity index (χ4n) is 3.49. The smallest absolute Gasteiger partial charge is 0.241 e. The molecule has 3 heterocycles. The summed E-state index contributed by atoms with van der Waals surface area (Å²) >= 11 is 12.0. The van der Waals surface area contributed by atoms with Crippen molar-refractivity contribution in [3.63, 3.8) is 0 Å². The third-order valence-electron chi connectivity index (χ3n) is 4.84. The van der Waals surface area contributed by atoms with Crippen molar-refractivity contribution < 1.29 is 9.18 Å². The number of aromatic nitrogens is 3. The maximum atomic E-state index is 14.0. The average Bonchev–Trinajstić information content (AvgIpc) is 3.08. The summed E-state index contributed by atoms with van der Waals surface area (Å²) in [6, 6.07) is 5.04. The maximum absolute atomic E-state index is 14.0. The van der Waals surface area contributed by atoms with Crippen LogP contribution in [0.5, 0.6) is 0 Å². The SMILES string of the molecule is O=C(CNc1cc(Cl)cc(Cl)c1)N1CCC[C@@H](Nc2ncnc3[nH]cc(F)c23)C1. The molecule has 1 aliphatic rings. The number of carbonyl (C=O) groups is 1. The highest BCUT2D eigenvalue weighted by Gasteiger charge is 2.24. The fourth-order valence-corrected chi connectivity index (χ4v) is 4.02. The Balaban J connectivity index is 1.38. The number of amides is 1. The number of halogens is 3. The second-order valence-corrected chi connectivity index (χ2v) is 7.79. The molecule has 29 heavy (non-hydrogen) atoms. The van der Waals surface area contributed by atoms with E-state index in [4.69, 9.17) is 23.2 Å². The number of rotatable bonds is 5. The van der Waals surface area contributed by atoms with Gasteiger partial charge in [-0.25, -0.2) is 14.4 Å². The Labute approximate surface area is 176 Å². The number of likely N-dealkylation sites (tertiary alicyclic amines) is 1. The van der Waals surface area contributed by atoms with Crippen LogP contribution in [-0.2, 0) is 4.79 Å². The molecule has 0 unspecified atom stereocenters. The lowest BCUT2D eigenvalue weighted by molar-refractivity contribution is -0.130. The summed E-state index contributed by atoms with van der Waals surface area (Å²) in [7, 11) is 0. The lowest BCUT2D eigenvalue weighted by Gasteiger charge is -2.33. The first-order valence-corrected chi connectivity index (χ1v) is 9.97. The number of anilines is 2. The summed E-state index contributed by atoms with van der Waals surface area (Å²) in [6.07, 6.45) is 4.34. The molecule has 1 atom stereocenters. The Bertz CT molecular complexity index is 1020. The summed E-state index contributed by atoms with van der Waals surface area (Å²) in [5.74, 6) is -0.00998. The number of hydrogen-bond acceptors (Lipinski definition) is 5. The highest BCUT2D eigenvalue weighted by atomic mass is 35.5. The van der Waals surface area contributed by atoms with Crippen molar-refractivity contribution in [2.45, 2.75) is 18.9 Å². The van der Waals surface area contributed by atoms with Gasteiger partial charge >= 0.3 is 0 Å². The number of nitrogens with one attached hydrogen (secondary N) is 3. The number of piperidine rings is 1. The molecular weight excluding hydrogens is 418 g/mol. The van der Waals surface area contributed by atoms with Crippen LogP contribution < -0.4 is 10.6 Å². The van der Waals surface area contributed by atoms with Gasteiger partial charge in [0.05, 0.1) is 11.9 Å². The second kappa shape index (κ2) is 8.42. The molecule has 1 saturated heterocycles. The van der Waals surface area contributed by atoms with Crippen molar-refractivity contribution in [3.05, 3.63) is 46.6 Å². The molecule has 1 aromatic carbocycles. The van der Waals surface area contributed by atoms with Gasteiger partial charge in [0.15, 0.2) is 5.82 Å². The minimum absolute atomic E-state index is 0.0271. The zero-order valence-corrected chi connectivity index (χ0v) is 16.9. The minimum Gasteiger partial charge on any atom is -0.376 e. The molecule has 152 valence electrons. The van der Waals surface area contributed by atoms with Gasteiger partial charge in [0.1, 0.15) is 17.8 Å². The summed E-state index contributed by atoms with van der Waals surface area (Å²) in [4.78, 5) is 25.4. The van der Waals surface area contributed by atoms with E-state index >= 15 is 0 Å². The van der Waals surface area contributed by atoms with E-state index in [1.807, 2.05) is 0 Å². The van der Waals surface area contributed by atoms with Crippen LogP contribution in [0.1, 0.15) is 12.8 Å². The molecule has 10 heteroatoms. The third kappa shape index (κ3) is 4.54. The highest BCUT2D eigenvalue weighted by molar-refractivity contribution is 6.35. The molecule has 1 fully saturated rings. The van der Waals surface area contributed by atoms with Crippen molar-refractivity contribution in [2.24, 2.45) is 0 Å². The van der Waals surface area contributed by atoms with Crippen LogP contribution in [0.3, 0.4) is 0 Å². The largest absolute Gasteiger partial charge is 0.376 e.